The summed E-state index contributed by atoms with van der Waals surface area (Å²) in [5, 5.41) is 15.7. The predicted octanol–water partition coefficient (Wildman–Crippen LogP) is 4.87. The highest BCUT2D eigenvalue weighted by Gasteiger charge is 2.27. The van der Waals surface area contributed by atoms with Gasteiger partial charge in [0.1, 0.15) is 23.7 Å². The summed E-state index contributed by atoms with van der Waals surface area (Å²) in [4.78, 5) is 26.8. The number of hydrogen-bond donors (Lipinski definition) is 2. The molecule has 0 radical (unpaired) electrons. The minimum atomic E-state index is -0.515. The number of nitrogens with zero attached hydrogens (tertiary/aromatic N) is 7. The molecule has 0 spiro atoms. The van der Waals surface area contributed by atoms with E-state index in [0.29, 0.717) is 48.1 Å². The SMILES string of the molecule is C=CC(=O)N1CCC(c2n[nH]c3ncnc(Nc4ccc(Oc5ccn(Cc6cc(C)ccn6)n5)cc4F)c23)CC1. The van der Waals surface area contributed by atoms with Crippen molar-refractivity contribution in [2.24, 2.45) is 0 Å². The molecule has 6 rings (SSSR count). The Morgan fingerprint density at radius 2 is 2.05 bits per heavy atom. The fourth-order valence-corrected chi connectivity index (χ4v) is 5.02. The fraction of sp³-hybridized carbons (Fsp3) is 0.241. The van der Waals surface area contributed by atoms with Gasteiger partial charge >= 0.3 is 0 Å². The maximum Gasteiger partial charge on any atom is 0.245 e. The van der Waals surface area contributed by atoms with Crippen molar-refractivity contribution in [3.63, 3.8) is 0 Å². The molecule has 1 aliphatic heterocycles. The summed E-state index contributed by atoms with van der Waals surface area (Å²) in [5.74, 6) is 0.616. The quantitative estimate of drug-likeness (QED) is 0.261. The molecule has 1 amide bonds. The van der Waals surface area contributed by atoms with Crippen LogP contribution in [0.3, 0.4) is 0 Å². The van der Waals surface area contributed by atoms with Crippen LogP contribution in [0.25, 0.3) is 11.0 Å². The van der Waals surface area contributed by atoms with E-state index >= 15 is 4.39 Å². The molecule has 41 heavy (non-hydrogen) atoms. The number of carbonyl (C=O) groups excluding carboxylic acids is 1. The standard InChI is InChI=1S/C29H28FN9O2/c1-3-25(40)38-11-7-19(8-12-38)27-26-28(32-17-33-29(26)36-35-27)34-23-5-4-21(15-22(23)30)41-24-9-13-39(37-24)16-20-14-18(2)6-10-31-20/h3-6,9-10,13-15,17,19H,1,7-8,11-12,16H2,2H3,(H2,32,33,34,35,36). The fourth-order valence-electron chi connectivity index (χ4n) is 5.02. The molecule has 4 aromatic heterocycles. The summed E-state index contributed by atoms with van der Waals surface area (Å²) in [7, 11) is 0. The number of ether oxygens (including phenoxy) is 1. The van der Waals surface area contributed by atoms with E-state index < -0.39 is 5.82 Å². The van der Waals surface area contributed by atoms with E-state index in [1.807, 2.05) is 19.1 Å². The van der Waals surface area contributed by atoms with Crippen molar-refractivity contribution in [1.82, 2.24) is 39.8 Å². The number of likely N-dealkylation sites (tertiary alicyclic amines) is 1. The average Bonchev–Trinajstić information content (AvgIpc) is 3.61. The van der Waals surface area contributed by atoms with Crippen molar-refractivity contribution in [2.45, 2.75) is 32.2 Å². The Labute approximate surface area is 235 Å². The van der Waals surface area contributed by atoms with Gasteiger partial charge in [-0.15, -0.1) is 5.10 Å². The monoisotopic (exact) mass is 553 g/mol. The third kappa shape index (κ3) is 5.62. The lowest BCUT2D eigenvalue weighted by Crippen LogP contribution is -2.36. The number of H-pyrrole nitrogens is 1. The zero-order chi connectivity index (χ0) is 28.3. The third-order valence-corrected chi connectivity index (χ3v) is 7.08. The molecule has 2 N–H and O–H groups in total. The second-order valence-electron chi connectivity index (χ2n) is 9.90. The van der Waals surface area contributed by atoms with Crippen LogP contribution in [0.5, 0.6) is 11.6 Å². The molecule has 11 nitrogen and oxygen atoms in total. The number of carbonyl (C=O) groups is 1. The topological polar surface area (TPSA) is 127 Å². The van der Waals surface area contributed by atoms with Gasteiger partial charge in [-0.2, -0.15) is 5.10 Å². The molecule has 0 unspecified atom stereocenters. The molecule has 5 aromatic rings. The number of nitrogens with one attached hydrogen (secondary N) is 2. The molecule has 12 heteroatoms. The number of piperidine rings is 1. The molecule has 1 saturated heterocycles. The number of pyridine rings is 1. The minimum Gasteiger partial charge on any atom is -0.437 e. The van der Waals surface area contributed by atoms with Crippen LogP contribution in [-0.2, 0) is 11.3 Å². The average molecular weight is 554 g/mol. The number of rotatable bonds is 8. The summed E-state index contributed by atoms with van der Waals surface area (Å²) in [6, 6.07) is 10.2. The second-order valence-corrected chi connectivity index (χ2v) is 9.90. The highest BCUT2D eigenvalue weighted by molar-refractivity contribution is 5.91. The molecule has 1 aromatic carbocycles. The highest BCUT2D eigenvalue weighted by atomic mass is 19.1. The number of aromatic nitrogens is 7. The molecule has 0 saturated carbocycles. The lowest BCUT2D eigenvalue weighted by atomic mass is 9.92. The van der Waals surface area contributed by atoms with Gasteiger partial charge in [-0.3, -0.25) is 19.6 Å². The Morgan fingerprint density at radius 1 is 1.20 bits per heavy atom. The minimum absolute atomic E-state index is 0.0724. The number of benzene rings is 1. The Kier molecular flexibility index (Phi) is 7.11. The summed E-state index contributed by atoms with van der Waals surface area (Å²) < 4.78 is 22.7. The van der Waals surface area contributed by atoms with Gasteiger partial charge in [0, 0.05) is 43.5 Å². The van der Waals surface area contributed by atoms with E-state index in [4.69, 9.17) is 4.74 Å². The van der Waals surface area contributed by atoms with Crippen LogP contribution in [0.2, 0.25) is 0 Å². The molecule has 5 heterocycles. The second kappa shape index (κ2) is 11.2. The number of fused-ring (bicyclic) bond motifs is 1. The summed E-state index contributed by atoms with van der Waals surface area (Å²) in [5.41, 5.74) is 3.59. The van der Waals surface area contributed by atoms with Crippen molar-refractivity contribution in [3.05, 3.63) is 90.5 Å². The summed E-state index contributed by atoms with van der Waals surface area (Å²) >= 11 is 0. The van der Waals surface area contributed by atoms with Crippen molar-refractivity contribution >= 4 is 28.4 Å². The third-order valence-electron chi connectivity index (χ3n) is 7.08. The lowest BCUT2D eigenvalue weighted by Gasteiger charge is -2.30. The first-order chi connectivity index (χ1) is 20.0. The number of hydrogen-bond acceptors (Lipinski definition) is 8. The first-order valence-corrected chi connectivity index (χ1v) is 13.3. The van der Waals surface area contributed by atoms with E-state index in [9.17, 15) is 4.79 Å². The molecule has 0 aliphatic carbocycles. The van der Waals surface area contributed by atoms with Crippen LogP contribution in [0.15, 0.2) is 67.8 Å². The van der Waals surface area contributed by atoms with Crippen LogP contribution in [-0.4, -0.2) is 58.8 Å². The zero-order valence-electron chi connectivity index (χ0n) is 22.4. The van der Waals surface area contributed by atoms with Gasteiger partial charge in [0.15, 0.2) is 5.65 Å². The number of halogens is 1. The smallest absolute Gasteiger partial charge is 0.245 e. The van der Waals surface area contributed by atoms with Crippen LogP contribution in [0, 0.1) is 12.7 Å². The van der Waals surface area contributed by atoms with E-state index in [1.165, 1.54) is 18.5 Å². The maximum absolute atomic E-state index is 15.2. The molecule has 0 atom stereocenters. The molecular formula is C29H28FN9O2. The van der Waals surface area contributed by atoms with Gasteiger partial charge < -0.3 is 15.0 Å². The number of anilines is 2. The van der Waals surface area contributed by atoms with E-state index in [-0.39, 0.29) is 17.5 Å². The molecule has 1 fully saturated rings. The first-order valence-electron chi connectivity index (χ1n) is 13.3. The van der Waals surface area contributed by atoms with Crippen LogP contribution < -0.4 is 10.1 Å². The van der Waals surface area contributed by atoms with Crippen molar-refractivity contribution in [3.8, 4) is 11.6 Å². The number of aryl methyl sites for hydroxylation is 1. The van der Waals surface area contributed by atoms with Crippen molar-refractivity contribution in [1.29, 1.82) is 0 Å². The Hall–Kier alpha value is -5.13. The Balaban J connectivity index is 1.16. The van der Waals surface area contributed by atoms with Gasteiger partial charge in [0.25, 0.3) is 0 Å². The molecule has 0 bridgehead atoms. The number of aromatic amines is 1. The Morgan fingerprint density at radius 3 is 2.83 bits per heavy atom. The largest absolute Gasteiger partial charge is 0.437 e. The van der Waals surface area contributed by atoms with Gasteiger partial charge in [-0.1, -0.05) is 6.58 Å². The van der Waals surface area contributed by atoms with Crippen molar-refractivity contribution in [2.75, 3.05) is 18.4 Å². The van der Waals surface area contributed by atoms with Gasteiger partial charge in [-0.25, -0.2) is 14.4 Å². The maximum atomic E-state index is 15.2. The first kappa shape index (κ1) is 26.1. The molecule has 1 aliphatic rings. The molecular weight excluding hydrogens is 525 g/mol. The van der Waals surface area contributed by atoms with Gasteiger partial charge in [0.05, 0.1) is 29.0 Å². The summed E-state index contributed by atoms with van der Waals surface area (Å²) in [6.07, 6.45) is 7.77. The Bertz CT molecular complexity index is 1720. The normalized spacial score (nSPS) is 13.9. The summed E-state index contributed by atoms with van der Waals surface area (Å²) in [6.45, 7) is 7.29. The van der Waals surface area contributed by atoms with Crippen LogP contribution in [0.4, 0.5) is 15.9 Å². The van der Waals surface area contributed by atoms with Crippen LogP contribution >= 0.6 is 0 Å². The van der Waals surface area contributed by atoms with Crippen molar-refractivity contribution < 1.29 is 13.9 Å². The number of amides is 1. The van der Waals surface area contributed by atoms with E-state index in [1.54, 1.807) is 40.2 Å². The molecule has 208 valence electrons. The van der Waals surface area contributed by atoms with Crippen LogP contribution in [0.1, 0.15) is 35.7 Å². The zero-order valence-corrected chi connectivity index (χ0v) is 22.4. The predicted molar refractivity (Wildman–Crippen MR) is 150 cm³/mol. The van der Waals surface area contributed by atoms with E-state index in [0.717, 1.165) is 29.8 Å². The lowest BCUT2D eigenvalue weighted by molar-refractivity contribution is -0.127. The van der Waals surface area contributed by atoms with Gasteiger partial charge in [-0.05, 0) is 55.7 Å². The highest BCUT2D eigenvalue weighted by Crippen LogP contribution is 2.35. The van der Waals surface area contributed by atoms with E-state index in [2.05, 4.69) is 42.1 Å². The van der Waals surface area contributed by atoms with Gasteiger partial charge in [0.2, 0.25) is 11.8 Å².